The van der Waals surface area contributed by atoms with Gasteiger partial charge < -0.3 is 9.84 Å². The number of fused-ring (bicyclic) bond motifs is 1. The lowest BCUT2D eigenvalue weighted by Crippen LogP contribution is -2.12. The summed E-state index contributed by atoms with van der Waals surface area (Å²) >= 11 is 0. The monoisotopic (exact) mass is 401 g/mol. The average molecular weight is 402 g/mol. The van der Waals surface area contributed by atoms with Crippen LogP contribution in [0.5, 0.6) is 11.5 Å². The van der Waals surface area contributed by atoms with Crippen LogP contribution in [0.1, 0.15) is 63.4 Å². The third-order valence-corrected chi connectivity index (χ3v) is 6.01. The molecule has 4 rings (SSSR count). The Morgan fingerprint density at radius 3 is 2.83 bits per heavy atom. The van der Waals surface area contributed by atoms with Gasteiger partial charge in [0.1, 0.15) is 11.5 Å². The molecule has 0 fully saturated rings. The van der Waals surface area contributed by atoms with Gasteiger partial charge in [-0.2, -0.15) is 0 Å². The molecule has 0 aliphatic heterocycles. The Labute approximate surface area is 177 Å². The molecule has 1 N–H and O–H groups in total. The molecule has 0 radical (unpaired) electrons. The lowest BCUT2D eigenvalue weighted by atomic mass is 9.79. The summed E-state index contributed by atoms with van der Waals surface area (Å²) in [7, 11) is 0. The molecule has 1 aromatic heterocycles. The first-order valence-electron chi connectivity index (χ1n) is 10.6. The smallest absolute Gasteiger partial charge is 0.336 e. The highest BCUT2D eigenvalue weighted by Gasteiger charge is 2.22. The molecule has 4 nitrogen and oxygen atoms in total. The molecule has 154 valence electrons. The fraction of sp³-hybridized carbons (Fsp3) is 0.308. The number of carbonyl (C=O) groups is 1. The van der Waals surface area contributed by atoms with Crippen molar-refractivity contribution in [3.05, 3.63) is 88.2 Å². The van der Waals surface area contributed by atoms with E-state index in [0.29, 0.717) is 11.5 Å². The van der Waals surface area contributed by atoms with Gasteiger partial charge in [-0.3, -0.25) is 4.98 Å². The van der Waals surface area contributed by atoms with Gasteiger partial charge in [0.25, 0.3) is 0 Å². The van der Waals surface area contributed by atoms with Crippen LogP contribution in [0, 0.1) is 13.8 Å². The first-order valence-corrected chi connectivity index (χ1v) is 10.6. The number of hydrogen-bond acceptors (Lipinski definition) is 3. The molecule has 1 atom stereocenters. The Hall–Kier alpha value is -3.14. The molecule has 0 saturated carbocycles. The Morgan fingerprint density at radius 1 is 1.17 bits per heavy atom. The van der Waals surface area contributed by atoms with Crippen molar-refractivity contribution < 1.29 is 14.6 Å². The summed E-state index contributed by atoms with van der Waals surface area (Å²) in [6, 6.07) is 14.2. The molecule has 1 aliphatic carbocycles. The van der Waals surface area contributed by atoms with Crippen LogP contribution in [0.2, 0.25) is 0 Å². The predicted octanol–water partition coefficient (Wildman–Crippen LogP) is 6.24. The Morgan fingerprint density at radius 2 is 2.03 bits per heavy atom. The largest absolute Gasteiger partial charge is 0.478 e. The zero-order chi connectivity index (χ0) is 21.1. The fourth-order valence-electron chi connectivity index (χ4n) is 4.46. The number of benzene rings is 2. The van der Waals surface area contributed by atoms with Gasteiger partial charge in [-0.25, -0.2) is 4.79 Å². The Bertz CT molecular complexity index is 1070. The van der Waals surface area contributed by atoms with Crippen molar-refractivity contribution >= 4 is 5.97 Å². The number of aromatic carboxylic acids is 1. The highest BCUT2D eigenvalue weighted by molar-refractivity contribution is 5.89. The van der Waals surface area contributed by atoms with E-state index in [2.05, 4.69) is 49.2 Å². The summed E-state index contributed by atoms with van der Waals surface area (Å²) in [6.07, 6.45) is 8.21. The number of ether oxygens (including phenoxy) is 1. The van der Waals surface area contributed by atoms with E-state index < -0.39 is 5.97 Å². The number of aryl methyl sites for hydroxylation is 4. The number of rotatable bonds is 6. The summed E-state index contributed by atoms with van der Waals surface area (Å²) in [4.78, 5) is 15.6. The molecule has 4 heteroatoms. The van der Waals surface area contributed by atoms with Crippen molar-refractivity contribution in [1.29, 1.82) is 0 Å². The molecule has 0 spiro atoms. The maximum absolute atomic E-state index is 11.5. The van der Waals surface area contributed by atoms with Crippen molar-refractivity contribution in [2.75, 3.05) is 0 Å². The lowest BCUT2D eigenvalue weighted by Gasteiger charge is -2.26. The lowest BCUT2D eigenvalue weighted by molar-refractivity contribution is 0.0695. The number of nitrogens with zero attached hydrogens (tertiary/aromatic N) is 1. The zero-order valence-electron chi connectivity index (χ0n) is 17.5. The quantitative estimate of drug-likeness (QED) is 0.531. The van der Waals surface area contributed by atoms with Gasteiger partial charge in [-0.05, 0) is 98.4 Å². The first kappa shape index (κ1) is 20.1. The maximum Gasteiger partial charge on any atom is 0.336 e. The third kappa shape index (κ3) is 4.38. The standard InChI is InChI=1S/C26H27NO3/c1-17-6-11-25(18(2)14-17)30-22-9-10-23-19(4-3-5-20(23)15-22)7-8-21-16-27-13-12-24(21)26(28)29/h6,9-16,19H,3-5,7-8H2,1-2H3,(H,28,29). The van der Waals surface area contributed by atoms with Gasteiger partial charge in [0.15, 0.2) is 0 Å². The Kier molecular flexibility index (Phi) is 5.84. The van der Waals surface area contributed by atoms with Crippen LogP contribution in [-0.2, 0) is 12.8 Å². The highest BCUT2D eigenvalue weighted by Crippen LogP contribution is 2.38. The van der Waals surface area contributed by atoms with Gasteiger partial charge >= 0.3 is 5.97 Å². The van der Waals surface area contributed by atoms with Crippen LogP contribution in [-0.4, -0.2) is 16.1 Å². The molecule has 1 aliphatic rings. The van der Waals surface area contributed by atoms with E-state index in [-0.39, 0.29) is 0 Å². The van der Waals surface area contributed by atoms with Crippen LogP contribution in [0.15, 0.2) is 54.9 Å². The molecule has 30 heavy (non-hydrogen) atoms. The molecule has 1 heterocycles. The van der Waals surface area contributed by atoms with E-state index in [0.717, 1.165) is 54.7 Å². The highest BCUT2D eigenvalue weighted by atomic mass is 16.5. The third-order valence-electron chi connectivity index (χ3n) is 6.01. The summed E-state index contributed by atoms with van der Waals surface area (Å²) in [6.45, 7) is 4.15. The predicted molar refractivity (Wildman–Crippen MR) is 118 cm³/mol. The van der Waals surface area contributed by atoms with E-state index >= 15 is 0 Å². The maximum atomic E-state index is 11.5. The SMILES string of the molecule is Cc1ccc(Oc2ccc3c(c2)CCCC3CCc2cnccc2C(=O)O)c(C)c1. The fourth-order valence-corrected chi connectivity index (χ4v) is 4.46. The summed E-state index contributed by atoms with van der Waals surface area (Å²) in [5.74, 6) is 1.32. The van der Waals surface area contributed by atoms with Gasteiger partial charge in [-0.1, -0.05) is 23.8 Å². The second kappa shape index (κ2) is 8.70. The minimum absolute atomic E-state index is 0.359. The zero-order valence-corrected chi connectivity index (χ0v) is 17.5. The first-order chi connectivity index (χ1) is 14.5. The molecular formula is C26H27NO3. The van der Waals surface area contributed by atoms with Crippen molar-refractivity contribution in [2.45, 2.75) is 51.9 Å². The average Bonchev–Trinajstić information content (AvgIpc) is 2.74. The number of pyridine rings is 1. The van der Waals surface area contributed by atoms with Crippen LogP contribution >= 0.6 is 0 Å². The number of carboxylic acids is 1. The van der Waals surface area contributed by atoms with E-state index in [1.807, 2.05) is 6.07 Å². The van der Waals surface area contributed by atoms with Gasteiger partial charge in [0, 0.05) is 12.4 Å². The second-order valence-electron chi connectivity index (χ2n) is 8.20. The van der Waals surface area contributed by atoms with Crippen LogP contribution < -0.4 is 4.74 Å². The van der Waals surface area contributed by atoms with Gasteiger partial charge in [0.2, 0.25) is 0 Å². The minimum Gasteiger partial charge on any atom is -0.478 e. The topological polar surface area (TPSA) is 59.4 Å². The molecule has 0 saturated heterocycles. The summed E-state index contributed by atoms with van der Waals surface area (Å²) in [5, 5.41) is 9.40. The van der Waals surface area contributed by atoms with Gasteiger partial charge in [0.05, 0.1) is 5.56 Å². The second-order valence-corrected chi connectivity index (χ2v) is 8.20. The number of aromatic nitrogens is 1. The molecule has 0 bridgehead atoms. The minimum atomic E-state index is -0.885. The van der Waals surface area contributed by atoms with Crippen molar-refractivity contribution in [3.8, 4) is 11.5 Å². The molecule has 2 aromatic carbocycles. The molecular weight excluding hydrogens is 374 g/mol. The van der Waals surface area contributed by atoms with Gasteiger partial charge in [-0.15, -0.1) is 0 Å². The molecule has 1 unspecified atom stereocenters. The Balaban J connectivity index is 1.50. The van der Waals surface area contributed by atoms with E-state index in [1.54, 1.807) is 18.5 Å². The van der Waals surface area contributed by atoms with E-state index in [9.17, 15) is 9.90 Å². The number of carboxylic acid groups (broad SMARTS) is 1. The van der Waals surface area contributed by atoms with E-state index in [1.165, 1.54) is 16.7 Å². The molecule has 3 aromatic rings. The normalized spacial score (nSPS) is 15.5. The van der Waals surface area contributed by atoms with Crippen molar-refractivity contribution in [2.24, 2.45) is 0 Å². The van der Waals surface area contributed by atoms with Crippen LogP contribution in [0.25, 0.3) is 0 Å². The summed E-state index contributed by atoms with van der Waals surface area (Å²) < 4.78 is 6.16. The number of hydrogen-bond donors (Lipinski definition) is 1. The summed E-state index contributed by atoms with van der Waals surface area (Å²) in [5.41, 5.74) is 6.25. The van der Waals surface area contributed by atoms with E-state index in [4.69, 9.17) is 4.74 Å². The van der Waals surface area contributed by atoms with Crippen molar-refractivity contribution in [3.63, 3.8) is 0 Å². The van der Waals surface area contributed by atoms with Crippen molar-refractivity contribution in [1.82, 2.24) is 4.98 Å². The molecule has 0 amide bonds. The van der Waals surface area contributed by atoms with Crippen LogP contribution in [0.4, 0.5) is 0 Å². The van der Waals surface area contributed by atoms with Crippen LogP contribution in [0.3, 0.4) is 0 Å².